The number of aromatic nitrogens is 2. The number of aromatic amines is 1. The molecule has 4 heterocycles. The van der Waals surface area contributed by atoms with E-state index in [9.17, 15) is 8.42 Å². The van der Waals surface area contributed by atoms with Gasteiger partial charge in [0.1, 0.15) is 5.69 Å². The Balaban J connectivity index is 1.60. The Kier molecular flexibility index (Phi) is 4.68. The average Bonchev–Trinajstić information content (AvgIpc) is 3.21. The summed E-state index contributed by atoms with van der Waals surface area (Å²) in [6.07, 6.45) is 0. The molecular weight excluding hydrogens is 372 g/mol. The Hall–Kier alpha value is -1.26. The van der Waals surface area contributed by atoms with Crippen LogP contribution in [0, 0.1) is 13.8 Å². The van der Waals surface area contributed by atoms with Crippen LogP contribution in [0.2, 0.25) is 0 Å². The number of nitrogens with one attached hydrogen (secondary N) is 1. The summed E-state index contributed by atoms with van der Waals surface area (Å²) >= 11 is 1.47. The molecule has 0 spiro atoms. The molecule has 1 N–H and O–H groups in total. The van der Waals surface area contributed by atoms with Crippen LogP contribution in [0.1, 0.15) is 17.5 Å². The first-order valence-corrected chi connectivity index (χ1v) is 11.1. The number of nitrogens with zero attached hydrogens (tertiary/aromatic N) is 3. The van der Waals surface area contributed by atoms with Gasteiger partial charge in [-0.2, -0.15) is 9.40 Å². The Morgan fingerprint density at radius 2 is 2.08 bits per heavy atom. The zero-order valence-corrected chi connectivity index (χ0v) is 16.9. The van der Waals surface area contributed by atoms with E-state index >= 15 is 0 Å². The van der Waals surface area contributed by atoms with E-state index in [1.165, 1.54) is 11.3 Å². The summed E-state index contributed by atoms with van der Waals surface area (Å²) in [5.41, 5.74) is 1.74. The second kappa shape index (κ2) is 6.72. The Morgan fingerprint density at radius 3 is 2.81 bits per heavy atom. The number of aryl methyl sites for hydroxylation is 2. The molecule has 0 aromatic carbocycles. The van der Waals surface area contributed by atoms with Crippen LogP contribution in [-0.4, -0.2) is 72.8 Å². The van der Waals surface area contributed by atoms with Gasteiger partial charge in [-0.3, -0.25) is 10.00 Å². The number of hydrogen-bond acceptors (Lipinski definition) is 6. The maximum Gasteiger partial charge on any atom is 0.244 e. The van der Waals surface area contributed by atoms with E-state index in [0.717, 1.165) is 34.3 Å². The molecule has 2 aliphatic rings. The van der Waals surface area contributed by atoms with Crippen LogP contribution >= 0.6 is 11.3 Å². The highest BCUT2D eigenvalue weighted by atomic mass is 32.2. The molecule has 0 bridgehead atoms. The summed E-state index contributed by atoms with van der Waals surface area (Å²) in [5.74, 6) is 0. The Labute approximate surface area is 158 Å². The third-order valence-electron chi connectivity index (χ3n) is 5.17. The first kappa shape index (κ1) is 18.1. The van der Waals surface area contributed by atoms with Crippen molar-refractivity contribution in [2.45, 2.75) is 37.8 Å². The lowest BCUT2D eigenvalue weighted by Crippen LogP contribution is -2.61. The highest BCUT2D eigenvalue weighted by Gasteiger charge is 2.39. The predicted octanol–water partition coefficient (Wildman–Crippen LogP) is 1.85. The lowest BCUT2D eigenvalue weighted by molar-refractivity contribution is -0.0634. The van der Waals surface area contributed by atoms with E-state index < -0.39 is 10.0 Å². The molecule has 2 aliphatic heterocycles. The minimum absolute atomic E-state index is 0.134. The minimum Gasteiger partial charge on any atom is -0.378 e. The van der Waals surface area contributed by atoms with Gasteiger partial charge in [-0.1, -0.05) is 0 Å². The largest absolute Gasteiger partial charge is 0.378 e. The van der Waals surface area contributed by atoms with Crippen molar-refractivity contribution in [2.24, 2.45) is 0 Å². The first-order chi connectivity index (χ1) is 12.4. The number of sulfonamides is 1. The Bertz CT molecular complexity index is 905. The first-order valence-electron chi connectivity index (χ1n) is 8.82. The van der Waals surface area contributed by atoms with Gasteiger partial charge < -0.3 is 4.74 Å². The van der Waals surface area contributed by atoms with E-state index in [1.54, 1.807) is 10.4 Å². The summed E-state index contributed by atoms with van der Waals surface area (Å²) in [6.45, 7) is 9.01. The zero-order valence-electron chi connectivity index (χ0n) is 15.2. The molecule has 2 aromatic rings. The van der Waals surface area contributed by atoms with Gasteiger partial charge in [0.15, 0.2) is 0 Å². The third kappa shape index (κ3) is 3.11. The quantitative estimate of drug-likeness (QED) is 0.857. The second-order valence-electron chi connectivity index (χ2n) is 7.11. The molecule has 4 rings (SSSR count). The minimum atomic E-state index is -3.52. The molecular formula is C17H24N4O3S2. The van der Waals surface area contributed by atoms with Crippen molar-refractivity contribution >= 4 is 21.4 Å². The van der Waals surface area contributed by atoms with E-state index in [0.29, 0.717) is 30.6 Å². The Morgan fingerprint density at radius 1 is 1.27 bits per heavy atom. The summed E-state index contributed by atoms with van der Waals surface area (Å²) < 4.78 is 33.8. The molecule has 7 nitrogen and oxygen atoms in total. The van der Waals surface area contributed by atoms with Crippen LogP contribution in [0.5, 0.6) is 0 Å². The van der Waals surface area contributed by atoms with E-state index in [4.69, 9.17) is 4.74 Å². The lowest BCUT2D eigenvalue weighted by atomic mass is 10.1. The predicted molar refractivity (Wildman–Crippen MR) is 101 cm³/mol. The molecule has 2 aromatic heterocycles. The van der Waals surface area contributed by atoms with Crippen LogP contribution < -0.4 is 0 Å². The van der Waals surface area contributed by atoms with Crippen LogP contribution in [0.3, 0.4) is 0 Å². The van der Waals surface area contributed by atoms with Gasteiger partial charge in [0, 0.05) is 42.3 Å². The smallest absolute Gasteiger partial charge is 0.244 e. The summed E-state index contributed by atoms with van der Waals surface area (Å²) in [6, 6.07) is 4.17. The lowest BCUT2D eigenvalue weighted by Gasteiger charge is -2.46. The summed E-state index contributed by atoms with van der Waals surface area (Å²) in [7, 11) is -3.52. The molecule has 0 aliphatic carbocycles. The molecule has 142 valence electrons. The van der Waals surface area contributed by atoms with Gasteiger partial charge in [0.05, 0.1) is 23.0 Å². The molecule has 0 amide bonds. The highest BCUT2D eigenvalue weighted by molar-refractivity contribution is 7.89. The normalized spacial score (nSPS) is 25.3. The van der Waals surface area contributed by atoms with Gasteiger partial charge in [-0.05, 0) is 32.9 Å². The number of ether oxygens (including phenoxy) is 1. The van der Waals surface area contributed by atoms with Crippen molar-refractivity contribution in [3.8, 4) is 10.6 Å². The van der Waals surface area contributed by atoms with Crippen molar-refractivity contribution in [3.63, 3.8) is 0 Å². The number of thiophene rings is 1. The molecule has 2 fully saturated rings. The maximum atomic E-state index is 13.3. The topological polar surface area (TPSA) is 78.5 Å². The number of piperazine rings is 1. The SMILES string of the molecule is Cc1cc(-c2cc(S(=O)(=O)N3CCN4[C@@H](COC[C@@H]4C)C3)c(C)s2)n[nH]1. The molecule has 9 heteroatoms. The highest BCUT2D eigenvalue weighted by Crippen LogP contribution is 2.35. The third-order valence-corrected chi connectivity index (χ3v) is 8.37. The van der Waals surface area contributed by atoms with Gasteiger partial charge in [-0.15, -0.1) is 11.3 Å². The van der Waals surface area contributed by atoms with E-state index in [-0.39, 0.29) is 6.04 Å². The van der Waals surface area contributed by atoms with E-state index in [2.05, 4.69) is 22.0 Å². The van der Waals surface area contributed by atoms with Crippen molar-refractivity contribution in [1.29, 1.82) is 0 Å². The molecule has 2 saturated heterocycles. The number of H-pyrrole nitrogens is 1. The van der Waals surface area contributed by atoms with Crippen LogP contribution in [0.15, 0.2) is 17.0 Å². The van der Waals surface area contributed by atoms with Crippen LogP contribution in [-0.2, 0) is 14.8 Å². The van der Waals surface area contributed by atoms with Crippen molar-refractivity contribution < 1.29 is 13.2 Å². The average molecular weight is 397 g/mol. The van der Waals surface area contributed by atoms with Crippen LogP contribution in [0.4, 0.5) is 0 Å². The molecule has 0 radical (unpaired) electrons. The second-order valence-corrected chi connectivity index (χ2v) is 10.3. The van der Waals surface area contributed by atoms with E-state index in [1.807, 2.05) is 19.9 Å². The molecule has 2 atom stereocenters. The van der Waals surface area contributed by atoms with Crippen molar-refractivity contribution in [2.75, 3.05) is 32.8 Å². The number of rotatable bonds is 3. The molecule has 26 heavy (non-hydrogen) atoms. The van der Waals surface area contributed by atoms with Gasteiger partial charge in [-0.25, -0.2) is 8.42 Å². The standard InChI is InChI=1S/C17H24N4O3S2/c1-11-6-15(19-18-11)16-7-17(13(3)25-16)26(22,23)20-4-5-21-12(2)9-24-10-14(21)8-20/h6-7,12,14H,4-5,8-10H2,1-3H3,(H,18,19)/t12-,14+/m0/s1. The molecule has 0 saturated carbocycles. The number of hydrogen-bond donors (Lipinski definition) is 1. The zero-order chi connectivity index (χ0) is 18.5. The number of fused-ring (bicyclic) bond motifs is 1. The van der Waals surface area contributed by atoms with Crippen LogP contribution in [0.25, 0.3) is 10.6 Å². The fourth-order valence-electron chi connectivity index (χ4n) is 3.79. The van der Waals surface area contributed by atoms with Gasteiger partial charge in [0.2, 0.25) is 10.0 Å². The fourth-order valence-corrected chi connectivity index (χ4v) is 6.78. The monoisotopic (exact) mass is 396 g/mol. The number of morpholine rings is 1. The van der Waals surface area contributed by atoms with Gasteiger partial charge >= 0.3 is 0 Å². The fraction of sp³-hybridized carbons (Fsp3) is 0.588. The van der Waals surface area contributed by atoms with Crippen molar-refractivity contribution in [3.05, 3.63) is 22.7 Å². The summed E-state index contributed by atoms with van der Waals surface area (Å²) in [5, 5.41) is 7.16. The summed E-state index contributed by atoms with van der Waals surface area (Å²) in [4.78, 5) is 4.44. The van der Waals surface area contributed by atoms with Crippen molar-refractivity contribution in [1.82, 2.24) is 19.4 Å². The maximum absolute atomic E-state index is 13.3. The molecule has 0 unspecified atom stereocenters. The van der Waals surface area contributed by atoms with Gasteiger partial charge in [0.25, 0.3) is 0 Å².